The van der Waals surface area contributed by atoms with Gasteiger partial charge in [-0.05, 0) is 35.9 Å². The Morgan fingerprint density at radius 2 is 1.70 bits per heavy atom. The van der Waals surface area contributed by atoms with E-state index in [1.165, 1.54) is 6.07 Å². The molecule has 30 heavy (non-hydrogen) atoms. The number of ether oxygens (including phenoxy) is 2. The molecule has 0 spiro atoms. The van der Waals surface area contributed by atoms with Crippen molar-refractivity contribution in [3.8, 4) is 11.5 Å². The first-order valence-electron chi connectivity index (χ1n) is 9.27. The number of nitrogens with one attached hydrogen (secondary N) is 1. The second-order valence-electron chi connectivity index (χ2n) is 6.80. The van der Waals surface area contributed by atoms with Crippen molar-refractivity contribution < 1.29 is 22.7 Å². The molecule has 0 radical (unpaired) electrons. The lowest BCUT2D eigenvalue weighted by atomic mass is 10.2. The van der Waals surface area contributed by atoms with Crippen LogP contribution >= 0.6 is 0 Å². The first kappa shape index (κ1) is 19.9. The summed E-state index contributed by atoms with van der Waals surface area (Å²) in [5, 5.41) is 0. The van der Waals surface area contributed by atoms with Crippen molar-refractivity contribution in [2.75, 3.05) is 18.6 Å². The smallest absolute Gasteiger partial charge is 0.343 e. The number of fused-ring (bicyclic) bond motifs is 1. The molecular formula is C22H20N2O5S. The summed E-state index contributed by atoms with van der Waals surface area (Å²) in [4.78, 5) is 14.5. The number of para-hydroxylation sites is 2. The van der Waals surface area contributed by atoms with E-state index >= 15 is 0 Å². The first-order chi connectivity index (χ1) is 14.4. The number of carbonyl (C=O) groups is 1. The number of carbonyl (C=O) groups excluding carboxylic acids is 1. The monoisotopic (exact) mass is 424 g/mol. The van der Waals surface area contributed by atoms with Gasteiger partial charge in [-0.25, -0.2) is 13.2 Å². The molecule has 3 aromatic rings. The molecule has 0 bridgehead atoms. The molecule has 0 amide bonds. The zero-order valence-electron chi connectivity index (χ0n) is 16.2. The Labute approximate surface area is 174 Å². The zero-order chi connectivity index (χ0) is 21.1. The summed E-state index contributed by atoms with van der Waals surface area (Å²) < 4.78 is 38.4. The summed E-state index contributed by atoms with van der Waals surface area (Å²) in [6.07, 6.45) is 0. The van der Waals surface area contributed by atoms with Crippen molar-refractivity contribution in [2.24, 2.45) is 0 Å². The number of hydrogen-bond acceptors (Lipinski definition) is 6. The van der Waals surface area contributed by atoms with Gasteiger partial charge in [0, 0.05) is 7.05 Å². The number of rotatable bonds is 5. The van der Waals surface area contributed by atoms with Crippen molar-refractivity contribution in [3.63, 3.8) is 0 Å². The van der Waals surface area contributed by atoms with Crippen LogP contribution in [0.15, 0.2) is 77.7 Å². The molecule has 4 rings (SSSR count). The Morgan fingerprint density at radius 3 is 2.47 bits per heavy atom. The molecule has 0 saturated carbocycles. The van der Waals surface area contributed by atoms with Gasteiger partial charge < -0.3 is 14.4 Å². The minimum Gasteiger partial charge on any atom is -0.485 e. The van der Waals surface area contributed by atoms with Gasteiger partial charge in [0.05, 0.1) is 17.9 Å². The summed E-state index contributed by atoms with van der Waals surface area (Å²) >= 11 is 0. The van der Waals surface area contributed by atoms with Crippen LogP contribution in [-0.4, -0.2) is 28.1 Å². The van der Waals surface area contributed by atoms with E-state index in [-0.39, 0.29) is 22.9 Å². The van der Waals surface area contributed by atoms with E-state index in [0.717, 1.165) is 5.56 Å². The van der Waals surface area contributed by atoms with E-state index in [1.807, 2.05) is 30.3 Å². The first-order valence-corrected chi connectivity index (χ1v) is 10.8. The molecule has 154 valence electrons. The van der Waals surface area contributed by atoms with Gasteiger partial charge in [0.25, 0.3) is 0 Å². The second-order valence-corrected chi connectivity index (χ2v) is 8.53. The molecule has 0 aliphatic carbocycles. The molecule has 0 unspecified atom stereocenters. The highest BCUT2D eigenvalue weighted by Gasteiger charge is 2.27. The largest absolute Gasteiger partial charge is 0.485 e. The molecule has 7 nitrogen and oxygen atoms in total. The zero-order valence-corrected chi connectivity index (χ0v) is 17.1. The molecule has 0 fully saturated rings. The van der Waals surface area contributed by atoms with Gasteiger partial charge >= 0.3 is 5.97 Å². The average Bonchev–Trinajstić information content (AvgIpc) is 2.76. The number of hydrogen-bond donors (Lipinski definition) is 1. The standard InChI is InChI=1S/C22H20N2O5S/c1-24-15-23-30(26,27)21-13-17(11-12-18(21)24)22(25)29-20-10-6-5-9-19(20)28-14-16-7-3-2-4-8-16/h2-13,23H,14-15H2,1H3. The predicted molar refractivity (Wildman–Crippen MR) is 112 cm³/mol. The third-order valence-electron chi connectivity index (χ3n) is 4.68. The van der Waals surface area contributed by atoms with E-state index in [9.17, 15) is 13.2 Å². The maximum absolute atomic E-state index is 12.7. The molecule has 1 aliphatic rings. The van der Waals surface area contributed by atoms with E-state index in [2.05, 4.69) is 4.72 Å². The topological polar surface area (TPSA) is 84.9 Å². The van der Waals surface area contributed by atoms with Crippen LogP contribution in [0, 0.1) is 0 Å². The highest BCUT2D eigenvalue weighted by molar-refractivity contribution is 7.89. The van der Waals surface area contributed by atoms with Crippen LogP contribution in [-0.2, 0) is 16.6 Å². The van der Waals surface area contributed by atoms with Crippen molar-refractivity contribution in [3.05, 3.63) is 83.9 Å². The Hall–Kier alpha value is -3.36. The lowest BCUT2D eigenvalue weighted by Gasteiger charge is -2.28. The van der Waals surface area contributed by atoms with Crippen molar-refractivity contribution in [2.45, 2.75) is 11.5 Å². The van der Waals surface area contributed by atoms with Crippen LogP contribution in [0.2, 0.25) is 0 Å². The molecule has 1 heterocycles. The van der Waals surface area contributed by atoms with Gasteiger partial charge in [-0.1, -0.05) is 42.5 Å². The summed E-state index contributed by atoms with van der Waals surface area (Å²) in [6.45, 7) is 0.496. The van der Waals surface area contributed by atoms with Gasteiger partial charge in [-0.15, -0.1) is 0 Å². The third kappa shape index (κ3) is 4.14. The minimum atomic E-state index is -3.68. The summed E-state index contributed by atoms with van der Waals surface area (Å²) in [7, 11) is -1.91. The van der Waals surface area contributed by atoms with Gasteiger partial charge in [0.2, 0.25) is 10.0 Å². The summed E-state index contributed by atoms with van der Waals surface area (Å²) in [6, 6.07) is 21.0. The Balaban J connectivity index is 1.55. The maximum atomic E-state index is 12.7. The minimum absolute atomic E-state index is 0.0410. The fourth-order valence-corrected chi connectivity index (χ4v) is 4.36. The molecule has 0 atom stereocenters. The van der Waals surface area contributed by atoms with Crippen LogP contribution in [0.3, 0.4) is 0 Å². The molecule has 1 N–H and O–H groups in total. The van der Waals surface area contributed by atoms with Gasteiger partial charge in [0.1, 0.15) is 11.5 Å². The lowest BCUT2D eigenvalue weighted by molar-refractivity contribution is 0.0727. The number of esters is 1. The van der Waals surface area contributed by atoms with Crippen LogP contribution in [0.25, 0.3) is 0 Å². The van der Waals surface area contributed by atoms with Crippen LogP contribution < -0.4 is 19.1 Å². The fourth-order valence-electron chi connectivity index (χ4n) is 3.06. The number of nitrogens with zero attached hydrogens (tertiary/aromatic N) is 1. The fraction of sp³-hybridized carbons (Fsp3) is 0.136. The highest BCUT2D eigenvalue weighted by atomic mass is 32.2. The van der Waals surface area contributed by atoms with Crippen molar-refractivity contribution in [1.82, 2.24) is 4.72 Å². The van der Waals surface area contributed by atoms with Crippen LogP contribution in [0.5, 0.6) is 11.5 Å². The van der Waals surface area contributed by atoms with Crippen molar-refractivity contribution >= 4 is 21.7 Å². The molecule has 0 saturated heterocycles. The SMILES string of the molecule is CN1CNS(=O)(=O)c2cc(C(=O)Oc3ccccc3OCc3ccccc3)ccc21. The van der Waals surface area contributed by atoms with Crippen LogP contribution in [0.4, 0.5) is 5.69 Å². The van der Waals surface area contributed by atoms with E-state index in [1.54, 1.807) is 48.3 Å². The molecule has 0 aromatic heterocycles. The van der Waals surface area contributed by atoms with Gasteiger partial charge in [-0.3, -0.25) is 0 Å². The van der Waals surface area contributed by atoms with Gasteiger partial charge in [-0.2, -0.15) is 4.72 Å². The quantitative estimate of drug-likeness (QED) is 0.500. The number of anilines is 1. The van der Waals surface area contributed by atoms with Crippen molar-refractivity contribution in [1.29, 1.82) is 0 Å². The summed E-state index contributed by atoms with van der Waals surface area (Å²) in [5.41, 5.74) is 1.64. The highest BCUT2D eigenvalue weighted by Crippen LogP contribution is 2.31. The normalized spacial score (nSPS) is 14.6. The average molecular weight is 424 g/mol. The number of sulfonamides is 1. The van der Waals surface area contributed by atoms with E-state index in [4.69, 9.17) is 9.47 Å². The van der Waals surface area contributed by atoms with E-state index < -0.39 is 16.0 Å². The second kappa shape index (κ2) is 8.17. The van der Waals surface area contributed by atoms with Gasteiger partial charge in [0.15, 0.2) is 11.5 Å². The maximum Gasteiger partial charge on any atom is 0.343 e. The molecule has 8 heteroatoms. The Kier molecular flexibility index (Phi) is 5.43. The number of benzene rings is 3. The third-order valence-corrected chi connectivity index (χ3v) is 6.09. The lowest BCUT2D eigenvalue weighted by Crippen LogP contribution is -2.41. The summed E-state index contributed by atoms with van der Waals surface area (Å²) in [5.74, 6) is 0.00734. The van der Waals surface area contributed by atoms with Crippen LogP contribution in [0.1, 0.15) is 15.9 Å². The molecular weight excluding hydrogens is 404 g/mol. The Morgan fingerprint density at radius 1 is 1.00 bits per heavy atom. The molecule has 1 aliphatic heterocycles. The van der Waals surface area contributed by atoms with E-state index in [0.29, 0.717) is 18.0 Å². The predicted octanol–water partition coefficient (Wildman–Crippen LogP) is 3.17. The Bertz CT molecular complexity index is 1180. The molecule has 3 aromatic carbocycles.